The fraction of sp³-hybridized carbons (Fsp3) is 0.286. The Kier molecular flexibility index (Phi) is 4.05. The van der Waals surface area contributed by atoms with Gasteiger partial charge in [0.1, 0.15) is 5.76 Å². The van der Waals surface area contributed by atoms with E-state index in [-0.39, 0.29) is 5.69 Å². The minimum Gasteiger partial charge on any atom is -0.469 e. The van der Waals surface area contributed by atoms with E-state index in [1.807, 2.05) is 24.9 Å². The predicted octanol–water partition coefficient (Wildman–Crippen LogP) is 2.71. The van der Waals surface area contributed by atoms with E-state index in [0.29, 0.717) is 18.8 Å². The van der Waals surface area contributed by atoms with Gasteiger partial charge in [-0.15, -0.1) is 0 Å². The van der Waals surface area contributed by atoms with E-state index in [4.69, 9.17) is 10.2 Å². The second-order valence-electron chi connectivity index (χ2n) is 4.81. The Morgan fingerprint density at radius 1 is 1.30 bits per heavy atom. The molecule has 0 amide bonds. The van der Waals surface area contributed by atoms with Crippen LogP contribution in [-0.4, -0.2) is 16.9 Å². The summed E-state index contributed by atoms with van der Waals surface area (Å²) in [7, 11) is 1.94. The third-order valence-electron chi connectivity index (χ3n) is 3.18. The highest BCUT2D eigenvalue weighted by Gasteiger charge is 2.12. The third kappa shape index (κ3) is 3.16. The molecule has 0 bridgehead atoms. The number of aryl methyl sites for hydroxylation is 1. The maximum absolute atomic E-state index is 10.8. The first-order chi connectivity index (χ1) is 9.47. The smallest absolute Gasteiger partial charge is 0.269 e. The number of nitro groups is 1. The van der Waals surface area contributed by atoms with Gasteiger partial charge in [0, 0.05) is 36.5 Å². The molecule has 1 heterocycles. The van der Waals surface area contributed by atoms with Crippen molar-refractivity contribution in [3.8, 4) is 0 Å². The SMILES string of the molecule is Cc1occc1CN(C)Cc1cc([N+](=O)[O-])ccc1N. The van der Waals surface area contributed by atoms with Gasteiger partial charge in [-0.1, -0.05) is 0 Å². The van der Waals surface area contributed by atoms with Crippen molar-refractivity contribution in [2.75, 3.05) is 12.8 Å². The van der Waals surface area contributed by atoms with Crippen molar-refractivity contribution >= 4 is 11.4 Å². The number of hydrogen-bond donors (Lipinski definition) is 1. The Bertz CT molecular complexity index is 622. The molecule has 0 radical (unpaired) electrons. The third-order valence-corrected chi connectivity index (χ3v) is 3.18. The van der Waals surface area contributed by atoms with Crippen LogP contribution in [0.5, 0.6) is 0 Å². The zero-order valence-electron chi connectivity index (χ0n) is 11.5. The lowest BCUT2D eigenvalue weighted by Gasteiger charge is -2.17. The van der Waals surface area contributed by atoms with E-state index in [9.17, 15) is 10.1 Å². The number of anilines is 1. The number of hydrogen-bond acceptors (Lipinski definition) is 5. The Balaban J connectivity index is 2.11. The molecule has 2 N–H and O–H groups in total. The molecule has 0 atom stereocenters. The first-order valence-corrected chi connectivity index (χ1v) is 6.21. The van der Waals surface area contributed by atoms with Crippen LogP contribution in [-0.2, 0) is 13.1 Å². The minimum atomic E-state index is -0.414. The first kappa shape index (κ1) is 14.1. The molecule has 2 aromatic rings. The van der Waals surface area contributed by atoms with Crippen molar-refractivity contribution in [2.45, 2.75) is 20.0 Å². The van der Waals surface area contributed by atoms with Crippen LogP contribution in [0.4, 0.5) is 11.4 Å². The van der Waals surface area contributed by atoms with Gasteiger partial charge in [-0.3, -0.25) is 15.0 Å². The molecule has 0 aliphatic carbocycles. The Hall–Kier alpha value is -2.34. The fourth-order valence-electron chi connectivity index (χ4n) is 2.06. The van der Waals surface area contributed by atoms with Crippen LogP contribution in [0, 0.1) is 17.0 Å². The molecular formula is C14H17N3O3. The number of nitro benzene ring substituents is 1. The van der Waals surface area contributed by atoms with Gasteiger partial charge in [0.05, 0.1) is 11.2 Å². The van der Waals surface area contributed by atoms with Crippen molar-refractivity contribution in [1.82, 2.24) is 4.90 Å². The molecule has 1 aromatic heterocycles. The quantitative estimate of drug-likeness (QED) is 0.515. The second kappa shape index (κ2) is 5.75. The van der Waals surface area contributed by atoms with Gasteiger partial charge in [-0.25, -0.2) is 0 Å². The molecule has 1 aromatic carbocycles. The normalized spacial score (nSPS) is 10.9. The Morgan fingerprint density at radius 3 is 2.60 bits per heavy atom. The number of nitrogen functional groups attached to an aromatic ring is 1. The van der Waals surface area contributed by atoms with Crippen molar-refractivity contribution in [1.29, 1.82) is 0 Å². The maximum atomic E-state index is 10.8. The molecule has 2 rings (SSSR count). The van der Waals surface area contributed by atoms with Gasteiger partial charge in [0.2, 0.25) is 0 Å². The molecule has 0 fully saturated rings. The second-order valence-corrected chi connectivity index (χ2v) is 4.81. The lowest BCUT2D eigenvalue weighted by atomic mass is 10.1. The zero-order chi connectivity index (χ0) is 14.7. The zero-order valence-corrected chi connectivity index (χ0v) is 11.5. The molecule has 106 valence electrons. The largest absolute Gasteiger partial charge is 0.469 e. The van der Waals surface area contributed by atoms with E-state index in [0.717, 1.165) is 16.9 Å². The summed E-state index contributed by atoms with van der Waals surface area (Å²) >= 11 is 0. The molecule has 0 spiro atoms. The van der Waals surface area contributed by atoms with Crippen molar-refractivity contribution in [3.63, 3.8) is 0 Å². The molecular weight excluding hydrogens is 258 g/mol. The van der Waals surface area contributed by atoms with Crippen LogP contribution in [0.2, 0.25) is 0 Å². The number of nitrogens with zero attached hydrogens (tertiary/aromatic N) is 2. The van der Waals surface area contributed by atoms with Crippen molar-refractivity contribution in [2.24, 2.45) is 0 Å². The Labute approximate surface area is 116 Å². The molecule has 0 unspecified atom stereocenters. The number of rotatable bonds is 5. The van der Waals surface area contributed by atoms with Gasteiger partial charge in [0.15, 0.2) is 0 Å². The van der Waals surface area contributed by atoms with Crippen molar-refractivity contribution in [3.05, 3.63) is 57.5 Å². The topological polar surface area (TPSA) is 85.5 Å². The fourth-order valence-corrected chi connectivity index (χ4v) is 2.06. The summed E-state index contributed by atoms with van der Waals surface area (Å²) in [6, 6.07) is 6.43. The maximum Gasteiger partial charge on any atom is 0.269 e. The molecule has 0 saturated carbocycles. The molecule has 6 nitrogen and oxygen atoms in total. The highest BCUT2D eigenvalue weighted by molar-refractivity contribution is 5.52. The van der Waals surface area contributed by atoms with E-state index in [2.05, 4.69) is 0 Å². The first-order valence-electron chi connectivity index (χ1n) is 6.21. The monoisotopic (exact) mass is 275 g/mol. The lowest BCUT2D eigenvalue weighted by Crippen LogP contribution is -2.18. The van der Waals surface area contributed by atoms with E-state index >= 15 is 0 Å². The van der Waals surface area contributed by atoms with Crippen molar-refractivity contribution < 1.29 is 9.34 Å². The molecule has 0 aliphatic heterocycles. The standard InChI is InChI=1S/C14H17N3O3/c1-10-11(5-6-20-10)8-16(2)9-12-7-13(17(18)19)3-4-14(12)15/h3-7H,8-9,15H2,1-2H3. The van der Waals surface area contributed by atoms with Gasteiger partial charge in [0.25, 0.3) is 5.69 Å². The summed E-state index contributed by atoms with van der Waals surface area (Å²) in [4.78, 5) is 12.4. The van der Waals surface area contributed by atoms with Crippen LogP contribution >= 0.6 is 0 Å². The average Bonchev–Trinajstić information content (AvgIpc) is 2.77. The summed E-state index contributed by atoms with van der Waals surface area (Å²) < 4.78 is 5.25. The van der Waals surface area contributed by atoms with Gasteiger partial charge >= 0.3 is 0 Å². The Morgan fingerprint density at radius 2 is 2.00 bits per heavy atom. The number of nitrogens with two attached hydrogens (primary N) is 1. The number of furan rings is 1. The van der Waals surface area contributed by atoms with E-state index in [1.54, 1.807) is 12.3 Å². The van der Waals surface area contributed by atoms with Crippen LogP contribution in [0.15, 0.2) is 34.9 Å². The van der Waals surface area contributed by atoms with Gasteiger partial charge in [-0.2, -0.15) is 0 Å². The van der Waals surface area contributed by atoms with Gasteiger partial charge in [-0.05, 0) is 31.7 Å². The van der Waals surface area contributed by atoms with E-state index < -0.39 is 4.92 Å². The summed E-state index contributed by atoms with van der Waals surface area (Å²) in [5.41, 5.74) is 8.34. The average molecular weight is 275 g/mol. The lowest BCUT2D eigenvalue weighted by molar-refractivity contribution is -0.384. The molecule has 0 aliphatic rings. The van der Waals surface area contributed by atoms with E-state index in [1.165, 1.54) is 12.1 Å². The number of benzene rings is 1. The highest BCUT2D eigenvalue weighted by Crippen LogP contribution is 2.21. The number of non-ortho nitro benzene ring substituents is 1. The molecule has 6 heteroatoms. The van der Waals surface area contributed by atoms with Crippen LogP contribution in [0.3, 0.4) is 0 Å². The molecule has 0 saturated heterocycles. The van der Waals surface area contributed by atoms with Crippen LogP contribution in [0.25, 0.3) is 0 Å². The summed E-state index contributed by atoms with van der Waals surface area (Å²) in [5.74, 6) is 0.879. The minimum absolute atomic E-state index is 0.0575. The summed E-state index contributed by atoms with van der Waals surface area (Å²) in [6.07, 6.45) is 1.65. The molecule has 20 heavy (non-hydrogen) atoms. The van der Waals surface area contributed by atoms with Gasteiger partial charge < -0.3 is 10.2 Å². The van der Waals surface area contributed by atoms with Crippen LogP contribution < -0.4 is 5.73 Å². The highest BCUT2D eigenvalue weighted by atomic mass is 16.6. The predicted molar refractivity (Wildman–Crippen MR) is 76.1 cm³/mol. The summed E-state index contributed by atoms with van der Waals surface area (Å²) in [6.45, 7) is 3.15. The summed E-state index contributed by atoms with van der Waals surface area (Å²) in [5, 5.41) is 10.8. The van der Waals surface area contributed by atoms with Crippen LogP contribution in [0.1, 0.15) is 16.9 Å².